The van der Waals surface area contributed by atoms with Gasteiger partial charge in [-0.1, -0.05) is 6.92 Å². The van der Waals surface area contributed by atoms with Crippen molar-refractivity contribution in [2.75, 3.05) is 32.7 Å². The molecule has 1 aliphatic heterocycles. The van der Waals surface area contributed by atoms with Crippen LogP contribution in [0.5, 0.6) is 0 Å². The van der Waals surface area contributed by atoms with Gasteiger partial charge in [-0.05, 0) is 20.3 Å². The van der Waals surface area contributed by atoms with E-state index in [1.165, 1.54) is 0 Å². The van der Waals surface area contributed by atoms with Crippen LogP contribution in [-0.2, 0) is 10.3 Å². The average molecular weight is 310 g/mol. The molecule has 0 spiro atoms. The van der Waals surface area contributed by atoms with E-state index in [1.807, 2.05) is 11.8 Å². The average Bonchev–Trinajstić information content (AvgIpc) is 2.95. The normalized spacial score (nSPS) is 18.5. The number of aromatic nitrogens is 1. The molecule has 118 valence electrons. The van der Waals surface area contributed by atoms with E-state index < -0.39 is 0 Å². The van der Waals surface area contributed by atoms with E-state index in [4.69, 9.17) is 0 Å². The molecule has 2 rings (SSSR count). The van der Waals surface area contributed by atoms with Crippen molar-refractivity contribution >= 4 is 17.2 Å². The number of nitrogens with one attached hydrogen (secondary N) is 2. The molecule has 1 saturated heterocycles. The fraction of sp³-hybridized carbons (Fsp3) is 0.733. The molecule has 0 aliphatic carbocycles. The van der Waals surface area contributed by atoms with Crippen molar-refractivity contribution in [3.05, 3.63) is 16.1 Å². The van der Waals surface area contributed by atoms with Crippen LogP contribution in [0.3, 0.4) is 0 Å². The maximum absolute atomic E-state index is 12.2. The summed E-state index contributed by atoms with van der Waals surface area (Å²) < 4.78 is 0. The smallest absolute Gasteiger partial charge is 0.223 e. The molecular formula is C15H26N4OS. The Morgan fingerprint density at radius 3 is 2.81 bits per heavy atom. The molecule has 1 aromatic heterocycles. The van der Waals surface area contributed by atoms with Crippen molar-refractivity contribution in [2.45, 2.75) is 39.2 Å². The summed E-state index contributed by atoms with van der Waals surface area (Å²) in [6.45, 7) is 10.5. The number of carbonyl (C=O) groups is 1. The fourth-order valence-electron chi connectivity index (χ4n) is 2.48. The maximum Gasteiger partial charge on any atom is 0.223 e. The minimum atomic E-state index is -0.136. The van der Waals surface area contributed by atoms with E-state index >= 15 is 0 Å². The number of thiazole rings is 1. The van der Waals surface area contributed by atoms with Crippen LogP contribution in [0.15, 0.2) is 5.38 Å². The van der Waals surface area contributed by atoms with Gasteiger partial charge in [-0.25, -0.2) is 4.98 Å². The van der Waals surface area contributed by atoms with E-state index in [-0.39, 0.29) is 11.4 Å². The molecule has 2 heterocycles. The van der Waals surface area contributed by atoms with E-state index in [0.29, 0.717) is 13.0 Å². The number of nitrogens with zero attached hydrogens (tertiary/aromatic N) is 2. The van der Waals surface area contributed by atoms with Crippen molar-refractivity contribution < 1.29 is 4.79 Å². The molecule has 0 saturated carbocycles. The highest BCUT2D eigenvalue weighted by Crippen LogP contribution is 2.27. The molecule has 1 aliphatic rings. The predicted molar refractivity (Wildman–Crippen MR) is 86.6 cm³/mol. The van der Waals surface area contributed by atoms with Gasteiger partial charge in [0.25, 0.3) is 0 Å². The molecule has 0 aromatic carbocycles. The lowest BCUT2D eigenvalue weighted by molar-refractivity contribution is -0.131. The number of rotatable bonds is 6. The van der Waals surface area contributed by atoms with Crippen LogP contribution in [0.4, 0.5) is 0 Å². The topological polar surface area (TPSA) is 57.3 Å². The third kappa shape index (κ3) is 4.25. The Kier molecular flexibility index (Phi) is 5.72. The summed E-state index contributed by atoms with van der Waals surface area (Å²) in [6, 6.07) is 0. The van der Waals surface area contributed by atoms with Crippen molar-refractivity contribution in [1.82, 2.24) is 20.5 Å². The molecular weight excluding hydrogens is 284 g/mol. The van der Waals surface area contributed by atoms with Crippen molar-refractivity contribution in [3.8, 4) is 0 Å². The van der Waals surface area contributed by atoms with Crippen LogP contribution in [0, 0.1) is 6.92 Å². The van der Waals surface area contributed by atoms with Crippen molar-refractivity contribution in [1.29, 1.82) is 0 Å². The largest absolute Gasteiger partial charge is 0.340 e. The number of aryl methyl sites for hydroxylation is 1. The van der Waals surface area contributed by atoms with Crippen LogP contribution in [0.25, 0.3) is 0 Å². The number of hydrogen-bond acceptors (Lipinski definition) is 5. The zero-order chi connectivity index (χ0) is 15.3. The van der Waals surface area contributed by atoms with Gasteiger partial charge in [0, 0.05) is 50.2 Å². The molecule has 0 bridgehead atoms. The quantitative estimate of drug-likeness (QED) is 0.836. The zero-order valence-corrected chi connectivity index (χ0v) is 14.1. The van der Waals surface area contributed by atoms with Crippen molar-refractivity contribution in [2.24, 2.45) is 0 Å². The van der Waals surface area contributed by atoms with Gasteiger partial charge in [0.1, 0.15) is 5.01 Å². The lowest BCUT2D eigenvalue weighted by Crippen LogP contribution is -2.47. The molecule has 2 N–H and O–H groups in total. The van der Waals surface area contributed by atoms with Gasteiger partial charge in [0.2, 0.25) is 5.91 Å². The minimum Gasteiger partial charge on any atom is -0.340 e. The van der Waals surface area contributed by atoms with E-state index in [0.717, 1.165) is 43.3 Å². The first-order chi connectivity index (χ1) is 10.0. The van der Waals surface area contributed by atoms with Crippen LogP contribution in [-0.4, -0.2) is 48.5 Å². The van der Waals surface area contributed by atoms with Gasteiger partial charge in [0.15, 0.2) is 0 Å². The lowest BCUT2D eigenvalue weighted by Gasteiger charge is -2.30. The SMILES string of the molecule is CCC(C)(NCCC(=O)N1CCNCC1)c1nc(C)cs1. The zero-order valence-electron chi connectivity index (χ0n) is 13.2. The molecule has 0 radical (unpaired) electrons. The molecule has 1 aromatic rings. The standard InChI is InChI=1S/C15H26N4OS/c1-4-15(3,14-18-12(2)11-21-14)17-6-5-13(20)19-9-7-16-8-10-19/h11,16-17H,4-10H2,1-3H3. The van der Waals surface area contributed by atoms with Crippen LogP contribution >= 0.6 is 11.3 Å². The summed E-state index contributed by atoms with van der Waals surface area (Å²) in [5.74, 6) is 0.248. The molecule has 1 unspecified atom stereocenters. The first-order valence-corrected chi connectivity index (χ1v) is 8.59. The van der Waals surface area contributed by atoms with Crippen LogP contribution in [0.2, 0.25) is 0 Å². The molecule has 6 heteroatoms. The number of carbonyl (C=O) groups excluding carboxylic acids is 1. The predicted octanol–water partition coefficient (Wildman–Crippen LogP) is 1.49. The van der Waals surface area contributed by atoms with E-state index in [9.17, 15) is 4.79 Å². The third-order valence-corrected chi connectivity index (χ3v) is 5.35. The Morgan fingerprint density at radius 2 is 2.24 bits per heavy atom. The summed E-state index contributed by atoms with van der Waals surface area (Å²) in [5.41, 5.74) is 0.927. The fourth-order valence-corrected chi connectivity index (χ4v) is 3.49. The third-order valence-electron chi connectivity index (χ3n) is 4.12. The summed E-state index contributed by atoms with van der Waals surface area (Å²) >= 11 is 1.69. The first-order valence-electron chi connectivity index (χ1n) is 7.71. The number of piperazine rings is 1. The lowest BCUT2D eigenvalue weighted by atomic mass is 9.99. The highest BCUT2D eigenvalue weighted by atomic mass is 32.1. The highest BCUT2D eigenvalue weighted by molar-refractivity contribution is 7.09. The van der Waals surface area contributed by atoms with Crippen LogP contribution < -0.4 is 10.6 Å². The Morgan fingerprint density at radius 1 is 1.52 bits per heavy atom. The Balaban J connectivity index is 1.84. The molecule has 1 amide bonds. The monoisotopic (exact) mass is 310 g/mol. The molecule has 1 fully saturated rings. The summed E-state index contributed by atoms with van der Waals surface area (Å²) in [4.78, 5) is 18.7. The second kappa shape index (κ2) is 7.33. The first kappa shape index (κ1) is 16.4. The van der Waals surface area contributed by atoms with E-state index in [1.54, 1.807) is 11.3 Å². The van der Waals surface area contributed by atoms with Gasteiger partial charge in [-0.3, -0.25) is 4.79 Å². The van der Waals surface area contributed by atoms with Gasteiger partial charge in [0.05, 0.1) is 5.54 Å². The summed E-state index contributed by atoms with van der Waals surface area (Å²) in [6.07, 6.45) is 1.52. The summed E-state index contributed by atoms with van der Waals surface area (Å²) in [5, 5.41) is 9.99. The molecule has 1 atom stereocenters. The van der Waals surface area contributed by atoms with Gasteiger partial charge >= 0.3 is 0 Å². The number of amides is 1. The molecule has 5 nitrogen and oxygen atoms in total. The Bertz CT molecular complexity index is 470. The van der Waals surface area contributed by atoms with Crippen molar-refractivity contribution in [3.63, 3.8) is 0 Å². The Hall–Kier alpha value is -0.980. The van der Waals surface area contributed by atoms with Gasteiger partial charge in [-0.2, -0.15) is 0 Å². The second-order valence-electron chi connectivity index (χ2n) is 5.79. The van der Waals surface area contributed by atoms with Gasteiger partial charge < -0.3 is 15.5 Å². The Labute approximate surface area is 131 Å². The van der Waals surface area contributed by atoms with Gasteiger partial charge in [-0.15, -0.1) is 11.3 Å². The maximum atomic E-state index is 12.2. The summed E-state index contributed by atoms with van der Waals surface area (Å²) in [7, 11) is 0. The second-order valence-corrected chi connectivity index (χ2v) is 6.65. The highest BCUT2D eigenvalue weighted by Gasteiger charge is 2.27. The minimum absolute atomic E-state index is 0.136. The molecule has 21 heavy (non-hydrogen) atoms. The van der Waals surface area contributed by atoms with E-state index in [2.05, 4.69) is 34.8 Å². The number of hydrogen-bond donors (Lipinski definition) is 2. The van der Waals surface area contributed by atoms with Crippen LogP contribution in [0.1, 0.15) is 37.4 Å².